The lowest BCUT2D eigenvalue weighted by molar-refractivity contribution is 0.0963. The molecule has 0 fully saturated rings. The van der Waals surface area contributed by atoms with Crippen LogP contribution < -0.4 is 5.32 Å². The molecule has 0 saturated heterocycles. The number of hydrogen-bond donors (Lipinski definition) is 1. The van der Waals surface area contributed by atoms with Crippen molar-refractivity contribution in [3.8, 4) is 0 Å². The Bertz CT molecular complexity index is 347. The molecule has 0 spiro atoms. The summed E-state index contributed by atoms with van der Waals surface area (Å²) in [5.41, 5.74) is 1.22. The third-order valence-corrected chi connectivity index (χ3v) is 2.03. The van der Waals surface area contributed by atoms with Gasteiger partial charge in [-0.05, 0) is 11.6 Å². The Balaban J connectivity index is 3.30. The van der Waals surface area contributed by atoms with Crippen molar-refractivity contribution in [3.05, 3.63) is 40.9 Å². The van der Waals surface area contributed by atoms with Crippen LogP contribution in [-0.4, -0.2) is 13.0 Å². The molecule has 13 heavy (non-hydrogen) atoms. The Morgan fingerprint density at radius 1 is 1.62 bits per heavy atom. The van der Waals surface area contributed by atoms with Crippen LogP contribution in [0.3, 0.4) is 0 Å². The molecule has 1 aromatic carbocycles. The molecule has 1 rings (SSSR count). The first-order valence-electron chi connectivity index (χ1n) is 3.83. The van der Waals surface area contributed by atoms with Crippen LogP contribution in [0.1, 0.15) is 15.9 Å². The Kier molecular flexibility index (Phi) is 3.09. The third-order valence-electron chi connectivity index (χ3n) is 1.72. The molecule has 1 amide bonds. The molecular weight excluding hydrogens is 186 g/mol. The summed E-state index contributed by atoms with van der Waals surface area (Å²) in [5, 5.41) is 2.97. The summed E-state index contributed by atoms with van der Waals surface area (Å²) in [4.78, 5) is 11.4. The maximum atomic E-state index is 11.4. The fraction of sp³-hybridized carbons (Fsp3) is 0.100. The summed E-state index contributed by atoms with van der Waals surface area (Å²) in [7, 11) is 1.57. The number of benzene rings is 1. The first kappa shape index (κ1) is 9.81. The summed E-state index contributed by atoms with van der Waals surface area (Å²) < 4.78 is 0. The quantitative estimate of drug-likeness (QED) is 0.771. The van der Waals surface area contributed by atoms with E-state index in [0.717, 1.165) is 5.56 Å². The van der Waals surface area contributed by atoms with Gasteiger partial charge in [0.2, 0.25) is 0 Å². The van der Waals surface area contributed by atoms with Crippen LogP contribution in [0.5, 0.6) is 0 Å². The average molecular weight is 196 g/mol. The second-order valence-electron chi connectivity index (χ2n) is 2.49. The zero-order valence-electron chi connectivity index (χ0n) is 7.30. The Morgan fingerprint density at radius 2 is 2.31 bits per heavy atom. The van der Waals surface area contributed by atoms with Gasteiger partial charge in [0.15, 0.2) is 0 Å². The summed E-state index contributed by atoms with van der Waals surface area (Å²) in [5.74, 6) is -0.194. The average Bonchev–Trinajstić information content (AvgIpc) is 2.16. The normalized spacial score (nSPS) is 9.38. The predicted molar refractivity (Wildman–Crippen MR) is 54.9 cm³/mol. The maximum Gasteiger partial charge on any atom is 0.253 e. The van der Waals surface area contributed by atoms with E-state index in [1.165, 1.54) is 0 Å². The van der Waals surface area contributed by atoms with Gasteiger partial charge in [-0.25, -0.2) is 0 Å². The number of hydrogen-bond acceptors (Lipinski definition) is 1. The largest absolute Gasteiger partial charge is 0.355 e. The second kappa shape index (κ2) is 4.10. The molecule has 0 heterocycles. The van der Waals surface area contributed by atoms with Crippen LogP contribution in [0.15, 0.2) is 24.8 Å². The zero-order chi connectivity index (χ0) is 9.84. The predicted octanol–water partition coefficient (Wildman–Crippen LogP) is 2.34. The Hall–Kier alpha value is -1.28. The molecule has 68 valence electrons. The highest BCUT2D eigenvalue weighted by Crippen LogP contribution is 2.20. The van der Waals surface area contributed by atoms with E-state index in [9.17, 15) is 4.79 Å². The van der Waals surface area contributed by atoms with Crippen molar-refractivity contribution < 1.29 is 4.79 Å². The van der Waals surface area contributed by atoms with Crippen LogP contribution >= 0.6 is 11.6 Å². The van der Waals surface area contributed by atoms with Crippen LogP contribution in [0.2, 0.25) is 5.02 Å². The van der Waals surface area contributed by atoms with Crippen molar-refractivity contribution in [2.45, 2.75) is 0 Å². The number of carbonyl (C=O) groups is 1. The van der Waals surface area contributed by atoms with Crippen LogP contribution in [0.4, 0.5) is 0 Å². The molecule has 0 unspecified atom stereocenters. The lowest BCUT2D eigenvalue weighted by Gasteiger charge is -2.05. The Labute approximate surface area is 82.2 Å². The zero-order valence-corrected chi connectivity index (χ0v) is 8.06. The fourth-order valence-electron chi connectivity index (χ4n) is 1.08. The minimum atomic E-state index is -0.194. The molecule has 0 aliphatic heterocycles. The molecule has 1 aromatic rings. The minimum absolute atomic E-state index is 0.194. The van der Waals surface area contributed by atoms with Gasteiger partial charge in [-0.3, -0.25) is 4.79 Å². The summed E-state index contributed by atoms with van der Waals surface area (Å²) >= 11 is 5.87. The lowest BCUT2D eigenvalue weighted by Crippen LogP contribution is -2.19. The van der Waals surface area contributed by atoms with E-state index < -0.39 is 0 Å². The first-order chi connectivity index (χ1) is 6.20. The Morgan fingerprint density at radius 3 is 2.85 bits per heavy atom. The smallest absolute Gasteiger partial charge is 0.253 e. The van der Waals surface area contributed by atoms with Crippen molar-refractivity contribution in [3.63, 3.8) is 0 Å². The molecule has 0 saturated carbocycles. The van der Waals surface area contributed by atoms with E-state index in [2.05, 4.69) is 11.9 Å². The van der Waals surface area contributed by atoms with Crippen molar-refractivity contribution in [1.82, 2.24) is 5.32 Å². The summed E-state index contributed by atoms with van der Waals surface area (Å²) in [6.07, 6.45) is 1.61. The summed E-state index contributed by atoms with van der Waals surface area (Å²) in [6.45, 7) is 3.61. The van der Waals surface area contributed by atoms with Crippen LogP contribution in [0, 0.1) is 0 Å². The number of rotatable bonds is 2. The van der Waals surface area contributed by atoms with Gasteiger partial charge in [0, 0.05) is 7.05 Å². The van der Waals surface area contributed by atoms with E-state index in [1.807, 2.05) is 0 Å². The SMILES string of the molecule is C=Cc1cccc(Cl)c1C(=O)NC. The van der Waals surface area contributed by atoms with Gasteiger partial charge in [0.1, 0.15) is 0 Å². The van der Waals surface area contributed by atoms with Crippen LogP contribution in [0.25, 0.3) is 6.08 Å². The molecular formula is C10H10ClNO. The minimum Gasteiger partial charge on any atom is -0.355 e. The molecule has 0 aliphatic carbocycles. The highest BCUT2D eigenvalue weighted by Gasteiger charge is 2.11. The molecule has 0 radical (unpaired) electrons. The summed E-state index contributed by atoms with van der Waals surface area (Å²) in [6, 6.07) is 5.26. The monoisotopic (exact) mass is 195 g/mol. The molecule has 0 atom stereocenters. The lowest BCUT2D eigenvalue weighted by atomic mass is 10.1. The molecule has 0 aromatic heterocycles. The fourth-order valence-corrected chi connectivity index (χ4v) is 1.34. The molecule has 0 aliphatic rings. The molecule has 1 N–H and O–H groups in total. The molecule has 3 heteroatoms. The second-order valence-corrected chi connectivity index (χ2v) is 2.89. The standard InChI is InChI=1S/C10H10ClNO/c1-3-7-5-4-6-8(11)9(7)10(13)12-2/h3-6H,1H2,2H3,(H,12,13). The number of amides is 1. The van der Waals surface area contributed by atoms with E-state index in [-0.39, 0.29) is 5.91 Å². The van der Waals surface area contributed by atoms with Crippen molar-refractivity contribution >= 4 is 23.6 Å². The van der Waals surface area contributed by atoms with E-state index >= 15 is 0 Å². The number of nitrogens with one attached hydrogen (secondary N) is 1. The van der Waals surface area contributed by atoms with E-state index in [0.29, 0.717) is 10.6 Å². The number of carbonyl (C=O) groups excluding carboxylic acids is 1. The van der Waals surface area contributed by atoms with Gasteiger partial charge >= 0.3 is 0 Å². The van der Waals surface area contributed by atoms with E-state index in [4.69, 9.17) is 11.6 Å². The maximum absolute atomic E-state index is 11.4. The van der Waals surface area contributed by atoms with E-state index in [1.54, 1.807) is 31.3 Å². The highest BCUT2D eigenvalue weighted by atomic mass is 35.5. The third kappa shape index (κ3) is 1.90. The van der Waals surface area contributed by atoms with Gasteiger partial charge in [0.05, 0.1) is 10.6 Å². The van der Waals surface area contributed by atoms with Gasteiger partial charge in [-0.15, -0.1) is 0 Å². The van der Waals surface area contributed by atoms with Crippen LogP contribution in [-0.2, 0) is 0 Å². The van der Waals surface area contributed by atoms with Gasteiger partial charge in [0.25, 0.3) is 5.91 Å². The van der Waals surface area contributed by atoms with Gasteiger partial charge in [-0.2, -0.15) is 0 Å². The van der Waals surface area contributed by atoms with Gasteiger partial charge in [-0.1, -0.05) is 36.4 Å². The number of halogens is 1. The van der Waals surface area contributed by atoms with Crippen molar-refractivity contribution in [1.29, 1.82) is 0 Å². The first-order valence-corrected chi connectivity index (χ1v) is 4.21. The van der Waals surface area contributed by atoms with Crippen molar-refractivity contribution in [2.24, 2.45) is 0 Å². The van der Waals surface area contributed by atoms with Gasteiger partial charge < -0.3 is 5.32 Å². The van der Waals surface area contributed by atoms with Crippen molar-refractivity contribution in [2.75, 3.05) is 7.05 Å². The molecule has 0 bridgehead atoms. The highest BCUT2D eigenvalue weighted by molar-refractivity contribution is 6.34. The molecule has 2 nitrogen and oxygen atoms in total. The topological polar surface area (TPSA) is 29.1 Å².